The summed E-state index contributed by atoms with van der Waals surface area (Å²) < 4.78 is 41.5. The fourth-order valence-electron chi connectivity index (χ4n) is 5.73. The third-order valence-corrected chi connectivity index (χ3v) is 9.36. The summed E-state index contributed by atoms with van der Waals surface area (Å²) in [5, 5.41) is 11.9. The van der Waals surface area contributed by atoms with Crippen LogP contribution in [-0.4, -0.2) is 67.5 Å². The molecule has 5 rings (SSSR count). The van der Waals surface area contributed by atoms with E-state index in [1.807, 2.05) is 6.92 Å². The minimum Gasteiger partial charge on any atom is -0.339 e. The summed E-state index contributed by atoms with van der Waals surface area (Å²) in [6.45, 7) is 4.49. The van der Waals surface area contributed by atoms with E-state index in [-0.39, 0.29) is 40.0 Å². The zero-order valence-corrected chi connectivity index (χ0v) is 27.2. The van der Waals surface area contributed by atoms with Gasteiger partial charge in [-0.05, 0) is 63.1 Å². The van der Waals surface area contributed by atoms with Crippen molar-refractivity contribution in [3.63, 3.8) is 0 Å². The van der Waals surface area contributed by atoms with Gasteiger partial charge in [0.25, 0.3) is 17.2 Å². The van der Waals surface area contributed by atoms with Crippen LogP contribution in [0.5, 0.6) is 0 Å². The van der Waals surface area contributed by atoms with Crippen molar-refractivity contribution in [2.75, 3.05) is 25.4 Å². The van der Waals surface area contributed by atoms with E-state index in [1.165, 1.54) is 34.5 Å². The van der Waals surface area contributed by atoms with Crippen LogP contribution in [0.4, 0.5) is 18.9 Å². The van der Waals surface area contributed by atoms with Gasteiger partial charge < -0.3 is 9.80 Å². The first-order chi connectivity index (χ1) is 22.8. The van der Waals surface area contributed by atoms with Gasteiger partial charge in [-0.15, -0.1) is 0 Å². The number of amides is 2. The second kappa shape index (κ2) is 14.6. The van der Waals surface area contributed by atoms with Crippen LogP contribution in [0.3, 0.4) is 0 Å². The number of fused-ring (bicyclic) bond motifs is 1. The number of hydrogen-bond donors (Lipinski definition) is 0. The number of aromatic nitrogens is 2. The van der Waals surface area contributed by atoms with Gasteiger partial charge >= 0.3 is 6.18 Å². The maximum Gasteiger partial charge on any atom is 0.416 e. The molecule has 252 valence electrons. The molecule has 3 aromatic carbocycles. The predicted molar refractivity (Wildman–Crippen MR) is 176 cm³/mol. The van der Waals surface area contributed by atoms with Gasteiger partial charge in [0.1, 0.15) is 0 Å². The number of unbranched alkanes of at least 4 members (excludes halogenated alkanes) is 2. The van der Waals surface area contributed by atoms with Gasteiger partial charge in [0, 0.05) is 55.0 Å². The number of rotatable bonds is 10. The molecule has 0 spiro atoms. The van der Waals surface area contributed by atoms with Crippen LogP contribution in [0.2, 0.25) is 0 Å². The molecule has 1 unspecified atom stereocenters. The lowest BCUT2D eigenvalue weighted by Gasteiger charge is -2.40. The molecule has 2 heterocycles. The van der Waals surface area contributed by atoms with E-state index in [1.54, 1.807) is 53.1 Å². The number of nitro groups is 1. The molecule has 1 fully saturated rings. The number of aryl methyl sites for hydroxylation is 1. The van der Waals surface area contributed by atoms with Crippen LogP contribution < -0.4 is 5.56 Å². The van der Waals surface area contributed by atoms with Gasteiger partial charge in [0.05, 0.1) is 27.1 Å². The van der Waals surface area contributed by atoms with E-state index in [2.05, 4.69) is 4.98 Å². The highest BCUT2D eigenvalue weighted by molar-refractivity contribution is 7.99. The van der Waals surface area contributed by atoms with Crippen LogP contribution in [0.1, 0.15) is 54.1 Å². The minimum absolute atomic E-state index is 0.0258. The standard InChI is InChI=1S/C34H34F3N5O5S/c1-22-14-15-24(19-29(22)42(46)47)31(44)40-17-16-39(21-23(40)2)30(43)13-4-3-7-18-48-33-38-28-12-6-5-11-27(28)32(45)41(33)26-10-8-9-25(20-26)34(35,36)37/h5-6,8-12,14-15,19-20,23H,3-4,7,13,16-18,21H2,1-2H3. The topological polar surface area (TPSA) is 119 Å². The maximum atomic E-state index is 13.4. The molecule has 0 aliphatic carbocycles. The first-order valence-electron chi connectivity index (χ1n) is 15.5. The smallest absolute Gasteiger partial charge is 0.339 e. The third kappa shape index (κ3) is 7.70. The van der Waals surface area contributed by atoms with Crippen LogP contribution >= 0.6 is 11.8 Å². The Kier molecular flexibility index (Phi) is 10.5. The van der Waals surface area contributed by atoms with Crippen molar-refractivity contribution < 1.29 is 27.7 Å². The SMILES string of the molecule is Cc1ccc(C(=O)N2CCN(C(=O)CCCCCSc3nc4ccccc4c(=O)n3-c3cccc(C(F)(F)F)c3)CC2C)cc1[N+](=O)[O-]. The number of carbonyl (C=O) groups is 2. The van der Waals surface area contributed by atoms with Gasteiger partial charge in [0.15, 0.2) is 5.16 Å². The fourth-order valence-corrected chi connectivity index (χ4v) is 6.74. The number of nitrogens with zero attached hydrogens (tertiary/aromatic N) is 5. The highest BCUT2D eigenvalue weighted by Gasteiger charge is 2.32. The summed E-state index contributed by atoms with van der Waals surface area (Å²) in [4.78, 5) is 58.3. The third-order valence-electron chi connectivity index (χ3n) is 8.34. The normalized spacial score (nSPS) is 15.1. The van der Waals surface area contributed by atoms with E-state index < -0.39 is 22.2 Å². The summed E-state index contributed by atoms with van der Waals surface area (Å²) >= 11 is 1.28. The number of hydrogen-bond acceptors (Lipinski definition) is 7. The van der Waals surface area contributed by atoms with Gasteiger partial charge in [-0.25, -0.2) is 4.98 Å². The molecule has 0 N–H and O–H groups in total. The first kappa shape index (κ1) is 34.6. The summed E-state index contributed by atoms with van der Waals surface area (Å²) in [6.07, 6.45) is -2.24. The lowest BCUT2D eigenvalue weighted by molar-refractivity contribution is -0.385. The molecular weight excluding hydrogens is 647 g/mol. The van der Waals surface area contributed by atoms with E-state index in [0.29, 0.717) is 67.5 Å². The highest BCUT2D eigenvalue weighted by atomic mass is 32.2. The number of nitro benzene ring substituents is 1. The van der Waals surface area contributed by atoms with Crippen molar-refractivity contribution in [2.45, 2.75) is 56.9 Å². The first-order valence-corrected chi connectivity index (χ1v) is 16.5. The average molecular weight is 682 g/mol. The van der Waals surface area contributed by atoms with Crippen molar-refractivity contribution >= 4 is 40.2 Å². The van der Waals surface area contributed by atoms with Crippen LogP contribution in [0.25, 0.3) is 16.6 Å². The second-order valence-corrected chi connectivity index (χ2v) is 12.8. The number of thioether (sulfide) groups is 1. The Balaban J connectivity index is 1.15. The number of benzene rings is 3. The molecule has 0 bridgehead atoms. The molecular formula is C34H34F3N5O5S. The van der Waals surface area contributed by atoms with Crippen molar-refractivity contribution in [2.24, 2.45) is 0 Å². The summed E-state index contributed by atoms with van der Waals surface area (Å²) in [5.74, 6) is 0.198. The van der Waals surface area contributed by atoms with Gasteiger partial charge in [-0.3, -0.25) is 29.1 Å². The predicted octanol–water partition coefficient (Wildman–Crippen LogP) is 6.65. The summed E-state index contributed by atoms with van der Waals surface area (Å²) in [7, 11) is 0. The van der Waals surface area contributed by atoms with E-state index in [4.69, 9.17) is 0 Å². The quantitative estimate of drug-likeness (QED) is 0.0605. The Morgan fingerprint density at radius 2 is 1.79 bits per heavy atom. The minimum atomic E-state index is -4.57. The molecule has 10 nitrogen and oxygen atoms in total. The molecule has 2 amide bonds. The number of carbonyl (C=O) groups excluding carboxylic acids is 2. The highest BCUT2D eigenvalue weighted by Crippen LogP contribution is 2.31. The number of para-hydroxylation sites is 1. The van der Waals surface area contributed by atoms with E-state index >= 15 is 0 Å². The Labute approximate surface area is 278 Å². The van der Waals surface area contributed by atoms with Gasteiger partial charge in [-0.2, -0.15) is 13.2 Å². The monoisotopic (exact) mass is 681 g/mol. The molecule has 0 radical (unpaired) electrons. The Hall–Kier alpha value is -4.72. The molecule has 1 saturated heterocycles. The van der Waals surface area contributed by atoms with Crippen molar-refractivity contribution in [1.82, 2.24) is 19.4 Å². The Morgan fingerprint density at radius 1 is 1.02 bits per heavy atom. The van der Waals surface area contributed by atoms with E-state index in [0.717, 1.165) is 12.1 Å². The number of piperazine rings is 1. The molecule has 48 heavy (non-hydrogen) atoms. The second-order valence-electron chi connectivity index (χ2n) is 11.7. The molecule has 1 aliphatic heterocycles. The lowest BCUT2D eigenvalue weighted by Crippen LogP contribution is -2.55. The molecule has 1 aromatic heterocycles. The van der Waals surface area contributed by atoms with Crippen molar-refractivity contribution in [3.05, 3.63) is 104 Å². The van der Waals surface area contributed by atoms with E-state index in [9.17, 15) is 37.7 Å². The largest absolute Gasteiger partial charge is 0.416 e. The summed E-state index contributed by atoms with van der Waals surface area (Å²) in [6, 6.07) is 15.5. The molecule has 1 atom stereocenters. The summed E-state index contributed by atoms with van der Waals surface area (Å²) in [5.41, 5.74) is -0.182. The number of alkyl halides is 3. The van der Waals surface area contributed by atoms with Crippen molar-refractivity contribution in [3.8, 4) is 5.69 Å². The molecule has 1 aliphatic rings. The lowest BCUT2D eigenvalue weighted by atomic mass is 10.1. The van der Waals surface area contributed by atoms with Crippen LogP contribution in [0.15, 0.2) is 76.7 Å². The van der Waals surface area contributed by atoms with Gasteiger partial charge in [0.2, 0.25) is 5.91 Å². The van der Waals surface area contributed by atoms with Crippen LogP contribution in [0, 0.1) is 17.0 Å². The fraction of sp³-hybridized carbons (Fsp3) is 0.353. The zero-order chi connectivity index (χ0) is 34.6. The number of halogens is 3. The Morgan fingerprint density at radius 3 is 2.52 bits per heavy atom. The molecule has 4 aromatic rings. The van der Waals surface area contributed by atoms with Gasteiger partial charge in [-0.1, -0.05) is 42.4 Å². The zero-order valence-electron chi connectivity index (χ0n) is 26.4. The molecule has 0 saturated carbocycles. The Bertz CT molecular complexity index is 1910. The van der Waals surface area contributed by atoms with Crippen molar-refractivity contribution in [1.29, 1.82) is 0 Å². The maximum absolute atomic E-state index is 13.4. The van der Waals surface area contributed by atoms with Crippen LogP contribution in [-0.2, 0) is 11.0 Å². The molecule has 14 heteroatoms. The average Bonchev–Trinajstić information content (AvgIpc) is 3.05.